The van der Waals surface area contributed by atoms with Crippen LogP contribution >= 0.6 is 11.6 Å². The molecule has 1 atom stereocenters. The van der Waals surface area contributed by atoms with E-state index in [9.17, 15) is 0 Å². The van der Waals surface area contributed by atoms with Crippen molar-refractivity contribution in [3.8, 4) is 5.75 Å². The predicted octanol–water partition coefficient (Wildman–Crippen LogP) is 3.21. The third-order valence-electron chi connectivity index (χ3n) is 3.01. The van der Waals surface area contributed by atoms with Crippen LogP contribution in [0.1, 0.15) is 22.7 Å². The number of nitrogens with two attached hydrogens (primary N) is 1. The zero-order valence-electron chi connectivity index (χ0n) is 11.0. The molecule has 0 fully saturated rings. The lowest BCUT2D eigenvalue weighted by atomic mass is 9.98. The van der Waals surface area contributed by atoms with Crippen molar-refractivity contribution in [2.75, 3.05) is 7.11 Å². The number of nitrogens with one attached hydrogen (secondary N) is 1. The number of benzene rings is 2. The van der Waals surface area contributed by atoms with Gasteiger partial charge in [-0.2, -0.15) is 0 Å². The molecule has 2 rings (SSSR count). The van der Waals surface area contributed by atoms with Gasteiger partial charge in [-0.05, 0) is 47.9 Å². The fraction of sp³-hybridized carbons (Fsp3) is 0.200. The first kappa shape index (κ1) is 13.9. The van der Waals surface area contributed by atoms with Crippen LogP contribution in [0.3, 0.4) is 0 Å². The Labute approximate surface area is 118 Å². The average molecular weight is 277 g/mol. The van der Waals surface area contributed by atoms with Crippen molar-refractivity contribution < 1.29 is 4.74 Å². The molecule has 0 saturated carbocycles. The normalized spacial score (nSPS) is 12.2. The summed E-state index contributed by atoms with van der Waals surface area (Å²) >= 11 is 6.10. The number of hydrazine groups is 1. The van der Waals surface area contributed by atoms with E-state index in [0.717, 1.165) is 22.4 Å². The molecule has 0 aliphatic rings. The van der Waals surface area contributed by atoms with E-state index in [1.807, 2.05) is 43.3 Å². The minimum absolute atomic E-state index is 0.0942. The van der Waals surface area contributed by atoms with Gasteiger partial charge in [0, 0.05) is 5.02 Å². The lowest BCUT2D eigenvalue weighted by Crippen LogP contribution is -2.28. The summed E-state index contributed by atoms with van der Waals surface area (Å²) in [5.41, 5.74) is 6.03. The molecule has 0 amide bonds. The first-order valence-electron chi connectivity index (χ1n) is 6.01. The van der Waals surface area contributed by atoms with Gasteiger partial charge in [-0.3, -0.25) is 5.84 Å². The van der Waals surface area contributed by atoms with Crippen LogP contribution in [0.5, 0.6) is 5.75 Å². The molecule has 100 valence electrons. The molecule has 1 unspecified atom stereocenters. The molecule has 19 heavy (non-hydrogen) atoms. The molecular weight excluding hydrogens is 260 g/mol. The second-order valence-electron chi connectivity index (χ2n) is 4.43. The van der Waals surface area contributed by atoms with E-state index < -0.39 is 0 Å². The van der Waals surface area contributed by atoms with Gasteiger partial charge in [-0.15, -0.1) is 0 Å². The molecule has 2 aromatic carbocycles. The van der Waals surface area contributed by atoms with Crippen LogP contribution in [-0.4, -0.2) is 7.11 Å². The van der Waals surface area contributed by atoms with Crippen LogP contribution in [0, 0.1) is 6.92 Å². The van der Waals surface area contributed by atoms with Crippen molar-refractivity contribution in [2.24, 2.45) is 5.84 Å². The number of aryl methyl sites for hydroxylation is 1. The van der Waals surface area contributed by atoms with E-state index in [4.69, 9.17) is 22.2 Å². The SMILES string of the molecule is COc1ccc(C(NN)c2cc(C)cc(Cl)c2)cc1. The molecule has 0 spiro atoms. The Bertz CT molecular complexity index is 534. The van der Waals surface area contributed by atoms with Crippen LogP contribution in [0.4, 0.5) is 0 Å². The highest BCUT2D eigenvalue weighted by Crippen LogP contribution is 2.26. The van der Waals surface area contributed by atoms with Gasteiger partial charge in [0.25, 0.3) is 0 Å². The Morgan fingerprint density at radius 3 is 2.32 bits per heavy atom. The number of methoxy groups -OCH3 is 1. The van der Waals surface area contributed by atoms with Gasteiger partial charge in [-0.1, -0.05) is 29.8 Å². The van der Waals surface area contributed by atoms with E-state index in [1.165, 1.54) is 0 Å². The topological polar surface area (TPSA) is 47.3 Å². The standard InChI is InChI=1S/C15H17ClN2O/c1-10-7-12(9-13(16)8-10)15(18-17)11-3-5-14(19-2)6-4-11/h3-9,15,18H,17H2,1-2H3. The maximum atomic E-state index is 6.10. The highest BCUT2D eigenvalue weighted by Gasteiger charge is 2.13. The summed E-state index contributed by atoms with van der Waals surface area (Å²) in [7, 11) is 1.65. The summed E-state index contributed by atoms with van der Waals surface area (Å²) in [6.45, 7) is 2.01. The van der Waals surface area contributed by atoms with Crippen LogP contribution in [0.15, 0.2) is 42.5 Å². The largest absolute Gasteiger partial charge is 0.497 e. The Kier molecular flexibility index (Phi) is 4.43. The third kappa shape index (κ3) is 3.26. The average Bonchev–Trinajstić information content (AvgIpc) is 2.39. The molecule has 2 aromatic rings. The van der Waals surface area contributed by atoms with Gasteiger partial charge < -0.3 is 4.74 Å². The highest BCUT2D eigenvalue weighted by atomic mass is 35.5. The quantitative estimate of drug-likeness (QED) is 0.666. The number of halogens is 1. The summed E-state index contributed by atoms with van der Waals surface area (Å²) in [6.07, 6.45) is 0. The Balaban J connectivity index is 2.37. The van der Waals surface area contributed by atoms with Crippen molar-refractivity contribution in [2.45, 2.75) is 13.0 Å². The maximum Gasteiger partial charge on any atom is 0.118 e. The van der Waals surface area contributed by atoms with Crippen LogP contribution in [0.2, 0.25) is 5.02 Å². The maximum absolute atomic E-state index is 6.10. The molecular formula is C15H17ClN2O. The molecule has 0 aromatic heterocycles. The van der Waals surface area contributed by atoms with E-state index in [0.29, 0.717) is 5.02 Å². The lowest BCUT2D eigenvalue weighted by molar-refractivity contribution is 0.414. The second kappa shape index (κ2) is 6.06. The number of hydrogen-bond acceptors (Lipinski definition) is 3. The van der Waals surface area contributed by atoms with Gasteiger partial charge in [0.1, 0.15) is 5.75 Å². The third-order valence-corrected chi connectivity index (χ3v) is 3.23. The van der Waals surface area contributed by atoms with Gasteiger partial charge in [-0.25, -0.2) is 5.43 Å². The molecule has 0 saturated heterocycles. The minimum Gasteiger partial charge on any atom is -0.497 e. The zero-order valence-corrected chi connectivity index (χ0v) is 11.7. The molecule has 0 heterocycles. The summed E-state index contributed by atoms with van der Waals surface area (Å²) in [4.78, 5) is 0. The Morgan fingerprint density at radius 2 is 1.79 bits per heavy atom. The summed E-state index contributed by atoms with van der Waals surface area (Å²) in [5.74, 6) is 6.50. The van der Waals surface area contributed by atoms with Crippen molar-refractivity contribution in [1.29, 1.82) is 0 Å². The molecule has 0 aliphatic heterocycles. The summed E-state index contributed by atoms with van der Waals surface area (Å²) in [6, 6.07) is 13.6. The number of rotatable bonds is 4. The monoisotopic (exact) mass is 276 g/mol. The van der Waals surface area contributed by atoms with E-state index in [2.05, 4.69) is 11.5 Å². The summed E-state index contributed by atoms with van der Waals surface area (Å²) in [5, 5.41) is 0.712. The van der Waals surface area contributed by atoms with Gasteiger partial charge in [0.05, 0.1) is 13.2 Å². The Hall–Kier alpha value is -1.55. The Morgan fingerprint density at radius 1 is 1.11 bits per heavy atom. The molecule has 3 nitrogen and oxygen atoms in total. The van der Waals surface area contributed by atoms with E-state index >= 15 is 0 Å². The van der Waals surface area contributed by atoms with Crippen molar-refractivity contribution in [3.05, 3.63) is 64.2 Å². The smallest absolute Gasteiger partial charge is 0.118 e. The first-order valence-corrected chi connectivity index (χ1v) is 6.39. The zero-order chi connectivity index (χ0) is 13.8. The minimum atomic E-state index is -0.0942. The lowest BCUT2D eigenvalue weighted by Gasteiger charge is -2.18. The molecule has 0 aliphatic carbocycles. The van der Waals surface area contributed by atoms with Gasteiger partial charge >= 0.3 is 0 Å². The first-order chi connectivity index (χ1) is 9.13. The predicted molar refractivity (Wildman–Crippen MR) is 78.3 cm³/mol. The van der Waals surface area contributed by atoms with E-state index in [-0.39, 0.29) is 6.04 Å². The summed E-state index contributed by atoms with van der Waals surface area (Å²) < 4.78 is 5.15. The van der Waals surface area contributed by atoms with E-state index in [1.54, 1.807) is 7.11 Å². The fourth-order valence-corrected chi connectivity index (χ4v) is 2.41. The van der Waals surface area contributed by atoms with Crippen molar-refractivity contribution in [3.63, 3.8) is 0 Å². The molecule has 0 bridgehead atoms. The number of hydrogen-bond donors (Lipinski definition) is 2. The van der Waals surface area contributed by atoms with Crippen molar-refractivity contribution >= 4 is 11.6 Å². The van der Waals surface area contributed by atoms with Crippen LogP contribution in [-0.2, 0) is 0 Å². The molecule has 4 heteroatoms. The van der Waals surface area contributed by atoms with Crippen LogP contribution < -0.4 is 16.0 Å². The van der Waals surface area contributed by atoms with Gasteiger partial charge in [0.15, 0.2) is 0 Å². The highest BCUT2D eigenvalue weighted by molar-refractivity contribution is 6.30. The second-order valence-corrected chi connectivity index (χ2v) is 4.87. The molecule has 0 radical (unpaired) electrons. The number of ether oxygens (including phenoxy) is 1. The van der Waals surface area contributed by atoms with Gasteiger partial charge in [0.2, 0.25) is 0 Å². The van der Waals surface area contributed by atoms with Crippen molar-refractivity contribution in [1.82, 2.24) is 5.43 Å². The fourth-order valence-electron chi connectivity index (χ4n) is 2.11. The molecule has 3 N–H and O–H groups in total. The van der Waals surface area contributed by atoms with Crippen LogP contribution in [0.25, 0.3) is 0 Å².